The highest BCUT2D eigenvalue weighted by Gasteiger charge is 2.23. The average molecular weight is 298 g/mol. The van der Waals surface area contributed by atoms with Gasteiger partial charge in [0.2, 0.25) is 0 Å². The molecule has 0 spiro atoms. The van der Waals surface area contributed by atoms with E-state index in [2.05, 4.69) is 73.7 Å². The van der Waals surface area contributed by atoms with Crippen LogP contribution in [-0.4, -0.2) is 0 Å². The molecule has 23 heavy (non-hydrogen) atoms. The highest BCUT2D eigenvalue weighted by atomic mass is 16.5. The normalized spacial score (nSPS) is 16.2. The Labute approximate surface area is 136 Å². The minimum atomic E-state index is 0.218. The van der Waals surface area contributed by atoms with Crippen LogP contribution in [0.5, 0.6) is 5.75 Å². The van der Waals surface area contributed by atoms with Crippen molar-refractivity contribution in [2.24, 2.45) is 0 Å². The largest absolute Gasteiger partial charge is 0.457 e. The Morgan fingerprint density at radius 3 is 2.22 bits per heavy atom. The quantitative estimate of drug-likeness (QED) is 0.602. The molecule has 1 atom stereocenters. The van der Waals surface area contributed by atoms with E-state index in [1.807, 2.05) is 18.2 Å². The molecule has 0 radical (unpaired) electrons. The van der Waals surface area contributed by atoms with Crippen LogP contribution in [0.1, 0.15) is 28.2 Å². The van der Waals surface area contributed by atoms with Crippen molar-refractivity contribution < 1.29 is 4.74 Å². The number of hydrogen-bond donors (Lipinski definition) is 0. The molecule has 0 N–H and O–H groups in total. The summed E-state index contributed by atoms with van der Waals surface area (Å²) in [5.74, 6) is 2.09. The highest BCUT2D eigenvalue weighted by Crippen LogP contribution is 2.41. The Morgan fingerprint density at radius 2 is 1.48 bits per heavy atom. The summed E-state index contributed by atoms with van der Waals surface area (Å²) in [5.41, 5.74) is 4.89. The molecule has 4 rings (SSSR count). The fourth-order valence-corrected chi connectivity index (χ4v) is 3.09. The standard InChI is InChI=1S/C22H18O/c1-16-12-13-21-20(14-16)19(17-8-4-2-5-9-17)15-22(23-21)18-10-6-3-7-11-18/h2-15,19H,1H3. The van der Waals surface area contributed by atoms with Crippen LogP contribution in [0.15, 0.2) is 84.9 Å². The van der Waals surface area contributed by atoms with E-state index in [0.717, 1.165) is 17.1 Å². The Morgan fingerprint density at radius 1 is 0.783 bits per heavy atom. The van der Waals surface area contributed by atoms with Gasteiger partial charge in [-0.3, -0.25) is 0 Å². The second-order valence-electron chi connectivity index (χ2n) is 5.93. The summed E-state index contributed by atoms with van der Waals surface area (Å²) < 4.78 is 6.19. The number of aryl methyl sites for hydroxylation is 1. The molecule has 1 unspecified atom stereocenters. The monoisotopic (exact) mass is 298 g/mol. The molecule has 3 aromatic carbocycles. The Kier molecular flexibility index (Phi) is 3.47. The van der Waals surface area contributed by atoms with Gasteiger partial charge in [0, 0.05) is 17.0 Å². The predicted octanol–water partition coefficient (Wildman–Crippen LogP) is 5.56. The van der Waals surface area contributed by atoms with Crippen LogP contribution in [0, 0.1) is 6.92 Å². The minimum absolute atomic E-state index is 0.218. The SMILES string of the molecule is Cc1ccc2c(c1)C(c1ccccc1)C=C(c1ccccc1)O2. The van der Waals surface area contributed by atoms with Crippen molar-refractivity contribution >= 4 is 5.76 Å². The molecular formula is C22H18O. The van der Waals surface area contributed by atoms with Crippen LogP contribution in [0.3, 0.4) is 0 Å². The van der Waals surface area contributed by atoms with E-state index in [-0.39, 0.29) is 5.92 Å². The van der Waals surface area contributed by atoms with Gasteiger partial charge in [0.15, 0.2) is 0 Å². The Balaban J connectivity index is 1.87. The van der Waals surface area contributed by atoms with Gasteiger partial charge in [0.25, 0.3) is 0 Å². The molecule has 3 aromatic rings. The van der Waals surface area contributed by atoms with Crippen molar-refractivity contribution in [3.63, 3.8) is 0 Å². The third-order valence-electron chi connectivity index (χ3n) is 4.26. The molecule has 1 heterocycles. The molecule has 1 nitrogen and oxygen atoms in total. The minimum Gasteiger partial charge on any atom is -0.457 e. The molecule has 1 aliphatic heterocycles. The van der Waals surface area contributed by atoms with E-state index >= 15 is 0 Å². The lowest BCUT2D eigenvalue weighted by Gasteiger charge is -2.26. The summed E-state index contributed by atoms with van der Waals surface area (Å²) in [5, 5.41) is 0. The van der Waals surface area contributed by atoms with Crippen molar-refractivity contribution in [1.82, 2.24) is 0 Å². The molecule has 0 fully saturated rings. The van der Waals surface area contributed by atoms with Crippen LogP contribution < -0.4 is 4.74 Å². The molecule has 0 amide bonds. The lowest BCUT2D eigenvalue weighted by molar-refractivity contribution is 0.492. The fraction of sp³-hybridized carbons (Fsp3) is 0.0909. The maximum absolute atomic E-state index is 6.19. The maximum Gasteiger partial charge on any atom is 0.131 e. The van der Waals surface area contributed by atoms with E-state index in [1.54, 1.807) is 0 Å². The van der Waals surface area contributed by atoms with Crippen LogP contribution in [0.2, 0.25) is 0 Å². The first kappa shape index (κ1) is 13.8. The van der Waals surface area contributed by atoms with Crippen LogP contribution >= 0.6 is 0 Å². The molecule has 0 bridgehead atoms. The maximum atomic E-state index is 6.19. The first-order valence-corrected chi connectivity index (χ1v) is 7.92. The van der Waals surface area contributed by atoms with Crippen LogP contribution in [-0.2, 0) is 0 Å². The van der Waals surface area contributed by atoms with E-state index in [4.69, 9.17) is 4.74 Å². The van der Waals surface area contributed by atoms with Crippen molar-refractivity contribution in [2.75, 3.05) is 0 Å². The van der Waals surface area contributed by atoms with Crippen molar-refractivity contribution in [3.8, 4) is 5.75 Å². The number of allylic oxidation sites excluding steroid dienone is 1. The summed E-state index contributed by atoms with van der Waals surface area (Å²) in [6, 6.07) is 27.3. The predicted molar refractivity (Wildman–Crippen MR) is 94.5 cm³/mol. The summed E-state index contributed by atoms with van der Waals surface area (Å²) in [7, 11) is 0. The number of fused-ring (bicyclic) bond motifs is 1. The van der Waals surface area contributed by atoms with Crippen LogP contribution in [0.4, 0.5) is 0 Å². The first-order valence-electron chi connectivity index (χ1n) is 7.92. The van der Waals surface area contributed by atoms with Crippen molar-refractivity contribution in [1.29, 1.82) is 0 Å². The summed E-state index contributed by atoms with van der Waals surface area (Å²) >= 11 is 0. The lowest BCUT2D eigenvalue weighted by atomic mass is 9.87. The third-order valence-corrected chi connectivity index (χ3v) is 4.26. The van der Waals surface area contributed by atoms with E-state index in [0.29, 0.717) is 0 Å². The molecule has 1 aliphatic rings. The van der Waals surface area contributed by atoms with Crippen LogP contribution in [0.25, 0.3) is 5.76 Å². The topological polar surface area (TPSA) is 9.23 Å². The van der Waals surface area contributed by atoms with Gasteiger partial charge < -0.3 is 4.74 Å². The lowest BCUT2D eigenvalue weighted by Crippen LogP contribution is -2.10. The van der Waals surface area contributed by atoms with Gasteiger partial charge in [-0.1, -0.05) is 78.4 Å². The van der Waals surface area contributed by atoms with Gasteiger partial charge in [0.05, 0.1) is 0 Å². The van der Waals surface area contributed by atoms with Crippen molar-refractivity contribution in [2.45, 2.75) is 12.8 Å². The van der Waals surface area contributed by atoms with Gasteiger partial charge in [-0.2, -0.15) is 0 Å². The van der Waals surface area contributed by atoms with E-state index in [1.165, 1.54) is 16.7 Å². The molecule has 0 saturated heterocycles. The summed E-state index contributed by atoms with van der Waals surface area (Å²) in [4.78, 5) is 0. The van der Waals surface area contributed by atoms with E-state index < -0.39 is 0 Å². The Bertz CT molecular complexity index is 848. The smallest absolute Gasteiger partial charge is 0.131 e. The molecule has 0 aliphatic carbocycles. The number of ether oxygens (including phenoxy) is 1. The number of benzene rings is 3. The number of hydrogen-bond acceptors (Lipinski definition) is 1. The van der Waals surface area contributed by atoms with E-state index in [9.17, 15) is 0 Å². The highest BCUT2D eigenvalue weighted by molar-refractivity contribution is 5.68. The molecule has 112 valence electrons. The molecule has 1 heteroatoms. The average Bonchev–Trinajstić information content (AvgIpc) is 2.62. The summed E-state index contributed by atoms with van der Waals surface area (Å²) in [6.07, 6.45) is 2.23. The first-order chi connectivity index (χ1) is 11.3. The zero-order valence-corrected chi connectivity index (χ0v) is 13.1. The van der Waals surface area contributed by atoms with Gasteiger partial charge in [-0.15, -0.1) is 0 Å². The molecular weight excluding hydrogens is 280 g/mol. The van der Waals surface area contributed by atoms with Gasteiger partial charge >= 0.3 is 0 Å². The Hall–Kier alpha value is -2.80. The molecule has 0 aromatic heterocycles. The summed E-state index contributed by atoms with van der Waals surface area (Å²) in [6.45, 7) is 2.12. The fourth-order valence-electron chi connectivity index (χ4n) is 3.09. The molecule has 0 saturated carbocycles. The number of rotatable bonds is 2. The third kappa shape index (κ3) is 2.66. The van der Waals surface area contributed by atoms with Crippen molar-refractivity contribution in [3.05, 3.63) is 107 Å². The van der Waals surface area contributed by atoms with Gasteiger partial charge in [-0.25, -0.2) is 0 Å². The second-order valence-corrected chi connectivity index (χ2v) is 5.93. The second kappa shape index (κ2) is 5.77. The zero-order chi connectivity index (χ0) is 15.6. The van der Waals surface area contributed by atoms with Gasteiger partial charge in [0.1, 0.15) is 11.5 Å². The zero-order valence-electron chi connectivity index (χ0n) is 13.1. The van der Waals surface area contributed by atoms with Gasteiger partial charge in [-0.05, 0) is 24.6 Å².